The van der Waals surface area contributed by atoms with Gasteiger partial charge in [0.2, 0.25) is 5.91 Å². The number of hydrogen-bond acceptors (Lipinski definition) is 7. The van der Waals surface area contributed by atoms with Gasteiger partial charge in [0.05, 0.1) is 16.2 Å². The van der Waals surface area contributed by atoms with Crippen molar-refractivity contribution in [2.24, 2.45) is 16.1 Å². The molecule has 1 saturated carbocycles. The highest BCUT2D eigenvalue weighted by molar-refractivity contribution is 6.46. The van der Waals surface area contributed by atoms with Gasteiger partial charge in [-0.05, 0) is 56.6 Å². The highest BCUT2D eigenvalue weighted by Gasteiger charge is 2.55. The van der Waals surface area contributed by atoms with Crippen molar-refractivity contribution in [1.29, 1.82) is 0 Å². The molecule has 1 aliphatic carbocycles. The predicted molar refractivity (Wildman–Crippen MR) is 132 cm³/mol. The summed E-state index contributed by atoms with van der Waals surface area (Å²) in [5.74, 6) is -0.490. The van der Waals surface area contributed by atoms with E-state index >= 15 is 0 Å². The molecule has 10 heteroatoms. The van der Waals surface area contributed by atoms with E-state index < -0.39 is 23.3 Å². The Kier molecular flexibility index (Phi) is 9.29. The molecule has 2 aliphatic rings. The minimum atomic E-state index is -1.10. The fourth-order valence-electron chi connectivity index (χ4n) is 4.20. The highest BCUT2D eigenvalue weighted by atomic mass is 35.5. The first-order valence-electron chi connectivity index (χ1n) is 11.8. The Morgan fingerprint density at radius 1 is 1.38 bits per heavy atom. The molecule has 0 saturated heterocycles. The lowest BCUT2D eigenvalue weighted by Crippen LogP contribution is -2.47. The largest absolute Gasteiger partial charge is 0.480 e. The van der Waals surface area contributed by atoms with Crippen LogP contribution in [-0.2, 0) is 27.2 Å². The van der Waals surface area contributed by atoms with Gasteiger partial charge >= 0.3 is 5.97 Å². The summed E-state index contributed by atoms with van der Waals surface area (Å²) in [4.78, 5) is 33.3. The molecule has 1 unspecified atom stereocenters. The van der Waals surface area contributed by atoms with Crippen LogP contribution in [0.25, 0.3) is 0 Å². The van der Waals surface area contributed by atoms with Gasteiger partial charge in [0.1, 0.15) is 11.9 Å². The lowest BCUT2D eigenvalue weighted by atomic mass is 9.97. The number of carboxylic acids is 1. The van der Waals surface area contributed by atoms with E-state index in [1.165, 1.54) is 18.8 Å². The van der Waals surface area contributed by atoms with Crippen molar-refractivity contribution in [1.82, 2.24) is 10.3 Å². The van der Waals surface area contributed by atoms with Crippen LogP contribution < -0.4 is 16.4 Å². The quantitative estimate of drug-likeness (QED) is 0.245. The van der Waals surface area contributed by atoms with Gasteiger partial charge in [-0.1, -0.05) is 17.7 Å². The van der Waals surface area contributed by atoms with Gasteiger partial charge in [0, 0.05) is 45.1 Å². The molecule has 1 fully saturated rings. The zero-order valence-electron chi connectivity index (χ0n) is 19.6. The van der Waals surface area contributed by atoms with Crippen molar-refractivity contribution in [3.8, 4) is 0 Å². The first kappa shape index (κ1) is 26.0. The molecule has 0 spiro atoms. The van der Waals surface area contributed by atoms with Gasteiger partial charge in [-0.15, -0.1) is 0 Å². The van der Waals surface area contributed by atoms with Crippen molar-refractivity contribution in [3.05, 3.63) is 34.6 Å². The number of rotatable bonds is 13. The molecule has 0 radical (unpaired) electrons. The number of nitrogens with two attached hydrogens (primary N) is 1. The van der Waals surface area contributed by atoms with Gasteiger partial charge < -0.3 is 26.2 Å². The number of aliphatic carboxylic acids is 1. The topological polar surface area (TPSA) is 139 Å². The van der Waals surface area contributed by atoms with E-state index in [0.29, 0.717) is 25.2 Å². The number of carbonyl (C=O) groups excluding carboxylic acids is 1. The van der Waals surface area contributed by atoms with E-state index in [9.17, 15) is 14.7 Å². The second-order valence-corrected chi connectivity index (χ2v) is 9.14. The van der Waals surface area contributed by atoms with Gasteiger partial charge in [0.15, 0.2) is 0 Å². The van der Waals surface area contributed by atoms with Crippen molar-refractivity contribution in [2.75, 3.05) is 32.1 Å². The fraction of sp³-hybridized carbons (Fsp3) is 0.583. The average molecular weight is 492 g/mol. The number of fused-ring (bicyclic) bond motifs is 1. The molecule has 186 valence electrons. The van der Waals surface area contributed by atoms with E-state index in [1.54, 1.807) is 0 Å². The van der Waals surface area contributed by atoms with Gasteiger partial charge in [-0.3, -0.25) is 9.79 Å². The number of carboxylic acid groups (broad SMARTS) is 1. The molecule has 3 rings (SSSR count). The number of aliphatic imine (C=N–C) groups is 1. The highest BCUT2D eigenvalue weighted by Crippen LogP contribution is 2.49. The summed E-state index contributed by atoms with van der Waals surface area (Å²) in [6.07, 6.45) is 7.34. The summed E-state index contributed by atoms with van der Waals surface area (Å²) in [5, 5.41) is 15.7. The number of hydrogen-bond donors (Lipinski definition) is 4. The summed E-state index contributed by atoms with van der Waals surface area (Å²) in [5.41, 5.74) is 7.30. The lowest BCUT2D eigenvalue weighted by molar-refractivity contribution is -0.142. The van der Waals surface area contributed by atoms with Crippen LogP contribution in [0.15, 0.2) is 28.4 Å². The van der Waals surface area contributed by atoms with E-state index in [1.807, 2.05) is 0 Å². The molecule has 5 N–H and O–H groups in total. The molecule has 1 atom stereocenters. The van der Waals surface area contributed by atoms with Gasteiger partial charge in [0.25, 0.3) is 0 Å². The van der Waals surface area contributed by atoms with Crippen LogP contribution in [0, 0.1) is 5.41 Å². The summed E-state index contributed by atoms with van der Waals surface area (Å²) in [6, 6.07) is 3.20. The van der Waals surface area contributed by atoms with E-state index in [4.69, 9.17) is 27.1 Å². The summed E-state index contributed by atoms with van der Waals surface area (Å²) >= 11 is 6.10. The number of aryl methyl sites for hydroxylation is 2. The molecule has 1 aromatic heterocycles. The molecule has 34 heavy (non-hydrogen) atoms. The Bertz CT molecular complexity index is 945. The Balaban J connectivity index is 1.37. The number of amides is 1. The van der Waals surface area contributed by atoms with Crippen molar-refractivity contribution in [3.63, 3.8) is 0 Å². The first-order valence-corrected chi connectivity index (χ1v) is 12.2. The molecule has 0 bridgehead atoms. The number of nitrogens with one attached hydrogen (secondary N) is 2. The van der Waals surface area contributed by atoms with Crippen LogP contribution in [0.5, 0.6) is 0 Å². The van der Waals surface area contributed by atoms with Crippen LogP contribution in [0.2, 0.25) is 0 Å². The Labute approximate surface area is 205 Å². The summed E-state index contributed by atoms with van der Waals surface area (Å²) in [7, 11) is 1.54. The zero-order valence-corrected chi connectivity index (χ0v) is 20.4. The molecule has 0 aromatic carbocycles. The molecule has 1 aromatic rings. The number of nitrogens with zero attached hydrogens (tertiary/aromatic N) is 2. The second kappa shape index (κ2) is 12.2. The molecule has 2 heterocycles. The molecule has 1 aliphatic heterocycles. The number of allylic oxidation sites excluding steroid dienone is 1. The number of halogens is 1. The van der Waals surface area contributed by atoms with Crippen LogP contribution in [-0.4, -0.2) is 60.5 Å². The fourth-order valence-corrected chi connectivity index (χ4v) is 4.47. The number of anilines is 1. The monoisotopic (exact) mass is 491 g/mol. The van der Waals surface area contributed by atoms with Crippen molar-refractivity contribution < 1.29 is 19.4 Å². The molecule has 1 amide bonds. The Morgan fingerprint density at radius 2 is 2.18 bits per heavy atom. The van der Waals surface area contributed by atoms with Gasteiger partial charge in [-0.25, -0.2) is 9.78 Å². The van der Waals surface area contributed by atoms with Crippen LogP contribution in [0.4, 0.5) is 5.82 Å². The third kappa shape index (κ3) is 6.48. The third-order valence-electron chi connectivity index (χ3n) is 6.31. The number of ether oxygens (including phenoxy) is 1. The summed E-state index contributed by atoms with van der Waals surface area (Å²) < 4.78 is 5.63. The maximum atomic E-state index is 12.8. The number of aromatic nitrogens is 1. The Morgan fingerprint density at radius 3 is 2.85 bits per heavy atom. The average Bonchev–Trinajstić information content (AvgIpc) is 3.64. The minimum Gasteiger partial charge on any atom is -0.480 e. The molecular weight excluding hydrogens is 458 g/mol. The molecule has 9 nitrogen and oxygen atoms in total. The second-order valence-electron chi connectivity index (χ2n) is 8.73. The van der Waals surface area contributed by atoms with E-state index in [2.05, 4.69) is 27.8 Å². The van der Waals surface area contributed by atoms with Crippen LogP contribution in [0.3, 0.4) is 0 Å². The zero-order chi connectivity index (χ0) is 24.6. The van der Waals surface area contributed by atoms with Crippen molar-refractivity contribution >= 4 is 35.0 Å². The first-order chi connectivity index (χ1) is 16.4. The summed E-state index contributed by atoms with van der Waals surface area (Å²) in [6.45, 7) is 1.74. The standard InChI is InChI=1S/C24H34ClN5O4/c1-27-20(18(25)15-26)24(10-11-24)23(33)30-19(22(31)32)9-14-34-13-3-2-6-17-8-7-16-5-4-12-28-21(16)29-17/h7-8,15,19H,2-6,9-14,26H2,1H3,(H,28,29)(H,30,33)(H,31,32)/b18-15+,27-20?. The normalized spacial score (nSPS) is 17.9. The van der Waals surface area contributed by atoms with E-state index in [-0.39, 0.29) is 18.1 Å². The van der Waals surface area contributed by atoms with E-state index in [0.717, 1.165) is 50.2 Å². The SMILES string of the molecule is CN=C(/C(Cl)=C\N)C1(C(=O)NC(CCOCCCCc2ccc3c(n2)NCCC3)C(=O)O)CC1. The predicted octanol–water partition coefficient (Wildman–Crippen LogP) is 2.63. The number of carbonyl (C=O) groups is 2. The van der Waals surface area contributed by atoms with Gasteiger partial charge in [-0.2, -0.15) is 0 Å². The van der Waals surface area contributed by atoms with Crippen LogP contribution in [0.1, 0.15) is 49.8 Å². The third-order valence-corrected chi connectivity index (χ3v) is 6.62. The number of pyridine rings is 1. The smallest absolute Gasteiger partial charge is 0.326 e. The maximum absolute atomic E-state index is 12.8. The number of unbranched alkanes of at least 4 members (excludes halogenated alkanes) is 1. The lowest BCUT2D eigenvalue weighted by Gasteiger charge is -2.21. The molecular formula is C24H34ClN5O4. The minimum absolute atomic E-state index is 0.175. The Hall–Kier alpha value is -2.65. The van der Waals surface area contributed by atoms with Crippen LogP contribution >= 0.6 is 11.6 Å². The van der Waals surface area contributed by atoms with Crippen molar-refractivity contribution in [2.45, 2.75) is 57.4 Å². The maximum Gasteiger partial charge on any atom is 0.326 e.